The second kappa shape index (κ2) is 8.94. The summed E-state index contributed by atoms with van der Waals surface area (Å²) in [6.07, 6.45) is 0.0663. The molecule has 0 radical (unpaired) electrons. The number of likely N-dealkylation sites (N-methyl/N-ethyl adjacent to an activating group) is 1. The van der Waals surface area contributed by atoms with Gasteiger partial charge in [0.2, 0.25) is 10.0 Å². The molecule has 1 fully saturated rings. The highest BCUT2D eigenvalue weighted by Gasteiger charge is 2.29. The largest absolute Gasteiger partial charge is 0.491 e. The van der Waals surface area contributed by atoms with Crippen LogP contribution < -0.4 is 15.0 Å². The van der Waals surface area contributed by atoms with Crippen molar-refractivity contribution in [3.63, 3.8) is 0 Å². The minimum Gasteiger partial charge on any atom is -0.491 e. The first-order valence-corrected chi connectivity index (χ1v) is 11.2. The number of amides is 1. The van der Waals surface area contributed by atoms with Crippen molar-refractivity contribution in [2.45, 2.75) is 24.8 Å². The third-order valence-corrected chi connectivity index (χ3v) is 6.73. The molecule has 2 aromatic rings. The molecule has 0 saturated carbocycles. The summed E-state index contributed by atoms with van der Waals surface area (Å²) < 4.78 is 32.6. The maximum absolute atomic E-state index is 12.8. The van der Waals surface area contributed by atoms with Gasteiger partial charge < -0.3 is 15.0 Å². The van der Waals surface area contributed by atoms with Crippen LogP contribution in [0.2, 0.25) is 0 Å². The van der Waals surface area contributed by atoms with Crippen molar-refractivity contribution >= 4 is 21.6 Å². The summed E-state index contributed by atoms with van der Waals surface area (Å²) >= 11 is 0. The number of rotatable bonds is 6. The molecule has 1 amide bonds. The van der Waals surface area contributed by atoms with Crippen LogP contribution in [0.25, 0.3) is 0 Å². The Morgan fingerprint density at radius 2 is 1.62 bits per heavy atom. The van der Waals surface area contributed by atoms with Crippen LogP contribution in [0.1, 0.15) is 24.2 Å². The zero-order valence-corrected chi connectivity index (χ0v) is 17.8. The van der Waals surface area contributed by atoms with Crippen LogP contribution in [0.4, 0.5) is 5.69 Å². The van der Waals surface area contributed by atoms with E-state index in [1.807, 2.05) is 13.8 Å². The summed E-state index contributed by atoms with van der Waals surface area (Å²) in [6.45, 7) is 6.51. The Labute approximate surface area is 172 Å². The fourth-order valence-corrected chi connectivity index (χ4v) is 4.57. The maximum Gasteiger partial charge on any atom is 0.255 e. The molecular weight excluding hydrogens is 390 g/mol. The Bertz CT molecular complexity index is 933. The first-order chi connectivity index (χ1) is 13.8. The Morgan fingerprint density at radius 1 is 1.03 bits per heavy atom. The molecule has 8 heteroatoms. The van der Waals surface area contributed by atoms with Crippen LogP contribution >= 0.6 is 0 Å². The quantitative estimate of drug-likeness (QED) is 0.740. The van der Waals surface area contributed by atoms with Crippen LogP contribution in [0.5, 0.6) is 5.75 Å². The Kier molecular flexibility index (Phi) is 6.56. The predicted molar refractivity (Wildman–Crippen MR) is 112 cm³/mol. The van der Waals surface area contributed by atoms with Gasteiger partial charge in [-0.05, 0) is 62.4 Å². The van der Waals surface area contributed by atoms with Gasteiger partial charge >= 0.3 is 0 Å². The van der Waals surface area contributed by atoms with Gasteiger partial charge in [0.25, 0.3) is 5.91 Å². The second-order valence-electron chi connectivity index (χ2n) is 7.53. The van der Waals surface area contributed by atoms with Crippen LogP contribution in [-0.4, -0.2) is 58.0 Å². The van der Waals surface area contributed by atoms with E-state index in [9.17, 15) is 13.2 Å². The number of carbonyl (C=O) groups is 1. The lowest BCUT2D eigenvalue weighted by Crippen LogP contribution is -3.12. The van der Waals surface area contributed by atoms with Gasteiger partial charge in [0.15, 0.2) is 0 Å². The third-order valence-electron chi connectivity index (χ3n) is 4.81. The summed E-state index contributed by atoms with van der Waals surface area (Å²) in [5.41, 5.74) is 1.04. The molecule has 1 aliphatic heterocycles. The molecular formula is C21H28N3O4S+. The van der Waals surface area contributed by atoms with Crippen LogP contribution in [0, 0.1) is 0 Å². The van der Waals surface area contributed by atoms with Crippen LogP contribution in [0.15, 0.2) is 53.4 Å². The van der Waals surface area contributed by atoms with Crippen molar-refractivity contribution in [2.24, 2.45) is 0 Å². The first kappa shape index (κ1) is 21.3. The molecule has 0 aromatic heterocycles. The summed E-state index contributed by atoms with van der Waals surface area (Å²) in [5.74, 6) is 0.440. The van der Waals surface area contributed by atoms with Crippen molar-refractivity contribution in [1.29, 1.82) is 0 Å². The number of sulfonamides is 1. The molecule has 2 aromatic carbocycles. The average Bonchev–Trinajstić information content (AvgIpc) is 2.69. The van der Waals surface area contributed by atoms with Gasteiger partial charge in [-0.3, -0.25) is 4.79 Å². The van der Waals surface area contributed by atoms with E-state index in [-0.39, 0.29) is 16.9 Å². The van der Waals surface area contributed by atoms with Gasteiger partial charge in [0, 0.05) is 11.3 Å². The van der Waals surface area contributed by atoms with E-state index in [2.05, 4.69) is 12.4 Å². The maximum atomic E-state index is 12.8. The fraction of sp³-hybridized carbons (Fsp3) is 0.381. The van der Waals surface area contributed by atoms with E-state index in [0.29, 0.717) is 30.1 Å². The van der Waals surface area contributed by atoms with Crippen molar-refractivity contribution in [3.05, 3.63) is 54.1 Å². The number of hydrogen-bond acceptors (Lipinski definition) is 4. The molecule has 1 heterocycles. The smallest absolute Gasteiger partial charge is 0.255 e. The third kappa shape index (κ3) is 5.35. The molecule has 0 spiro atoms. The van der Waals surface area contributed by atoms with E-state index in [4.69, 9.17) is 4.74 Å². The van der Waals surface area contributed by atoms with Gasteiger partial charge in [0.1, 0.15) is 5.75 Å². The number of benzene rings is 2. The summed E-state index contributed by atoms with van der Waals surface area (Å²) in [5, 5.41) is 2.79. The molecule has 7 nitrogen and oxygen atoms in total. The molecule has 0 unspecified atom stereocenters. The molecule has 156 valence electrons. The predicted octanol–water partition coefficient (Wildman–Crippen LogP) is 1.25. The SMILES string of the molecule is CC(C)Oc1ccc(C(=O)Nc2ccc(S(=O)(=O)N3CC[NH+](C)CC3)cc2)cc1. The topological polar surface area (TPSA) is 80.1 Å². The summed E-state index contributed by atoms with van der Waals surface area (Å²) in [6, 6.07) is 13.2. The number of carbonyl (C=O) groups excluding carboxylic acids is 1. The van der Waals surface area contributed by atoms with Gasteiger partial charge in [-0.1, -0.05) is 0 Å². The lowest BCUT2D eigenvalue weighted by molar-refractivity contribution is -0.883. The lowest BCUT2D eigenvalue weighted by atomic mass is 10.2. The number of anilines is 1. The minimum atomic E-state index is -3.50. The van der Waals surface area contributed by atoms with Crippen molar-refractivity contribution in [3.8, 4) is 5.75 Å². The molecule has 0 bridgehead atoms. The van der Waals surface area contributed by atoms with E-state index < -0.39 is 10.0 Å². The Balaban J connectivity index is 1.65. The van der Waals surface area contributed by atoms with E-state index in [1.165, 1.54) is 21.3 Å². The number of ether oxygens (including phenoxy) is 1. The van der Waals surface area contributed by atoms with Crippen molar-refractivity contribution < 1.29 is 22.8 Å². The molecule has 29 heavy (non-hydrogen) atoms. The normalized spacial score (nSPS) is 16.0. The second-order valence-corrected chi connectivity index (χ2v) is 9.47. The first-order valence-electron chi connectivity index (χ1n) is 9.75. The molecule has 2 N–H and O–H groups in total. The van der Waals surface area contributed by atoms with E-state index in [0.717, 1.165) is 13.1 Å². The molecule has 0 aliphatic carbocycles. The number of piperazine rings is 1. The number of nitrogens with zero attached hydrogens (tertiary/aromatic N) is 1. The Hall–Kier alpha value is -2.42. The highest BCUT2D eigenvalue weighted by molar-refractivity contribution is 7.89. The van der Waals surface area contributed by atoms with Crippen molar-refractivity contribution in [2.75, 3.05) is 38.5 Å². The lowest BCUT2D eigenvalue weighted by Gasteiger charge is -2.29. The molecule has 1 saturated heterocycles. The fourth-order valence-electron chi connectivity index (χ4n) is 3.13. The minimum absolute atomic E-state index is 0.0663. The highest BCUT2D eigenvalue weighted by atomic mass is 32.2. The van der Waals surface area contributed by atoms with Crippen LogP contribution in [0.3, 0.4) is 0 Å². The Morgan fingerprint density at radius 3 is 2.17 bits per heavy atom. The molecule has 0 atom stereocenters. The number of quaternary nitrogens is 1. The summed E-state index contributed by atoms with van der Waals surface area (Å²) in [4.78, 5) is 14.0. The van der Waals surface area contributed by atoms with Gasteiger partial charge in [-0.15, -0.1) is 0 Å². The molecule has 1 aliphatic rings. The number of hydrogen-bond donors (Lipinski definition) is 2. The van der Waals surface area contributed by atoms with Crippen LogP contribution in [-0.2, 0) is 10.0 Å². The van der Waals surface area contributed by atoms with Crippen molar-refractivity contribution in [1.82, 2.24) is 4.31 Å². The van der Waals surface area contributed by atoms with Gasteiger partial charge in [-0.2, -0.15) is 4.31 Å². The zero-order valence-electron chi connectivity index (χ0n) is 17.0. The summed E-state index contributed by atoms with van der Waals surface area (Å²) in [7, 11) is -1.44. The average molecular weight is 419 g/mol. The van der Waals surface area contributed by atoms with E-state index in [1.54, 1.807) is 36.4 Å². The number of nitrogens with one attached hydrogen (secondary N) is 2. The highest BCUT2D eigenvalue weighted by Crippen LogP contribution is 2.20. The molecule has 3 rings (SSSR count). The standard InChI is InChI=1S/C21H27N3O4S/c1-16(2)28-19-8-4-17(5-9-19)21(25)22-18-6-10-20(11-7-18)29(26,27)24-14-12-23(3)13-15-24/h4-11,16H,12-15H2,1-3H3,(H,22,25)/p+1. The monoisotopic (exact) mass is 418 g/mol. The van der Waals surface area contributed by atoms with Gasteiger partial charge in [0.05, 0.1) is 44.2 Å². The van der Waals surface area contributed by atoms with Gasteiger partial charge in [-0.25, -0.2) is 8.42 Å². The van der Waals surface area contributed by atoms with E-state index >= 15 is 0 Å². The zero-order chi connectivity index (χ0) is 21.0.